The smallest absolute Gasteiger partial charge is 0.258 e. The molecule has 0 fully saturated rings. The van der Waals surface area contributed by atoms with Crippen LogP contribution >= 0.6 is 11.8 Å². The molecular formula is C21H23N3O4S. The fourth-order valence-electron chi connectivity index (χ4n) is 2.63. The van der Waals surface area contributed by atoms with E-state index in [0.717, 1.165) is 11.5 Å². The number of ether oxygens (including phenoxy) is 2. The maximum atomic E-state index is 12.9. The molecule has 0 unspecified atom stereocenters. The molecule has 0 spiro atoms. The predicted molar refractivity (Wildman–Crippen MR) is 112 cm³/mol. The van der Waals surface area contributed by atoms with Gasteiger partial charge < -0.3 is 19.3 Å². The van der Waals surface area contributed by atoms with Crippen LogP contribution in [0.2, 0.25) is 0 Å². The van der Waals surface area contributed by atoms with Crippen LogP contribution in [0.15, 0.2) is 52.1 Å². The van der Waals surface area contributed by atoms with Crippen molar-refractivity contribution < 1.29 is 18.8 Å². The molecule has 0 aliphatic heterocycles. The van der Waals surface area contributed by atoms with Crippen molar-refractivity contribution in [2.45, 2.75) is 31.6 Å². The van der Waals surface area contributed by atoms with Crippen molar-refractivity contribution in [2.24, 2.45) is 0 Å². The Labute approximate surface area is 173 Å². The Morgan fingerprint density at radius 3 is 2.66 bits per heavy atom. The third kappa shape index (κ3) is 5.51. The summed E-state index contributed by atoms with van der Waals surface area (Å²) in [7, 11) is 0. The van der Waals surface area contributed by atoms with Gasteiger partial charge in [0.05, 0.1) is 24.5 Å². The van der Waals surface area contributed by atoms with Gasteiger partial charge in [-0.15, -0.1) is 0 Å². The van der Waals surface area contributed by atoms with Gasteiger partial charge in [-0.1, -0.05) is 16.9 Å². The molecule has 7 nitrogen and oxygen atoms in total. The molecular weight excluding hydrogens is 390 g/mol. The number of nitrogens with one attached hydrogen (secondary N) is 1. The van der Waals surface area contributed by atoms with Gasteiger partial charge in [-0.2, -0.15) is 0 Å². The van der Waals surface area contributed by atoms with Crippen LogP contribution in [0, 0.1) is 6.92 Å². The maximum Gasteiger partial charge on any atom is 0.258 e. The Morgan fingerprint density at radius 2 is 1.93 bits per heavy atom. The van der Waals surface area contributed by atoms with E-state index in [1.165, 1.54) is 11.8 Å². The van der Waals surface area contributed by atoms with Crippen molar-refractivity contribution in [1.29, 1.82) is 0 Å². The Hall–Kier alpha value is -3.00. The van der Waals surface area contributed by atoms with Gasteiger partial charge in [-0.3, -0.25) is 4.79 Å². The van der Waals surface area contributed by atoms with Gasteiger partial charge in [0.25, 0.3) is 5.91 Å². The lowest BCUT2D eigenvalue weighted by Crippen LogP contribution is -2.14. The number of hydrogen-bond acceptors (Lipinski definition) is 7. The predicted octanol–water partition coefficient (Wildman–Crippen LogP) is 4.72. The molecule has 2 aromatic heterocycles. The number of rotatable bonds is 9. The van der Waals surface area contributed by atoms with E-state index in [1.807, 2.05) is 26.8 Å². The monoisotopic (exact) mass is 413 g/mol. The number of thioether (sulfide) groups is 1. The van der Waals surface area contributed by atoms with Gasteiger partial charge in [0.2, 0.25) is 0 Å². The summed E-state index contributed by atoms with van der Waals surface area (Å²) in [6.07, 6.45) is 1.66. The van der Waals surface area contributed by atoms with E-state index < -0.39 is 0 Å². The summed E-state index contributed by atoms with van der Waals surface area (Å²) in [5, 5.41) is 7.51. The first-order chi connectivity index (χ1) is 14.1. The normalized spacial score (nSPS) is 10.6. The van der Waals surface area contributed by atoms with E-state index in [4.69, 9.17) is 14.0 Å². The van der Waals surface area contributed by atoms with Gasteiger partial charge in [-0.05, 0) is 45.0 Å². The van der Waals surface area contributed by atoms with Gasteiger partial charge >= 0.3 is 0 Å². The fourth-order valence-corrected chi connectivity index (χ4v) is 3.51. The molecule has 8 heteroatoms. The van der Waals surface area contributed by atoms with Gasteiger partial charge in [-0.25, -0.2) is 4.98 Å². The number of carbonyl (C=O) groups excluding carboxylic acids is 1. The number of pyridine rings is 1. The Kier molecular flexibility index (Phi) is 7.13. The summed E-state index contributed by atoms with van der Waals surface area (Å²) in [5.74, 6) is 2.30. The van der Waals surface area contributed by atoms with E-state index in [9.17, 15) is 4.79 Å². The summed E-state index contributed by atoms with van der Waals surface area (Å²) in [6.45, 7) is 6.69. The Morgan fingerprint density at radius 1 is 1.14 bits per heavy atom. The average Bonchev–Trinajstić information content (AvgIpc) is 3.14. The Bertz CT molecular complexity index is 974. The van der Waals surface area contributed by atoms with E-state index in [1.54, 1.807) is 36.5 Å². The summed E-state index contributed by atoms with van der Waals surface area (Å²) >= 11 is 1.43. The van der Waals surface area contributed by atoms with Crippen LogP contribution < -0.4 is 14.8 Å². The second kappa shape index (κ2) is 9.97. The summed E-state index contributed by atoms with van der Waals surface area (Å²) in [6, 6.07) is 10.7. The topological polar surface area (TPSA) is 86.5 Å². The van der Waals surface area contributed by atoms with E-state index in [2.05, 4.69) is 15.5 Å². The lowest BCUT2D eigenvalue weighted by molar-refractivity contribution is 0.102. The largest absolute Gasteiger partial charge is 0.490 e. The zero-order chi connectivity index (χ0) is 20.6. The van der Waals surface area contributed by atoms with Crippen LogP contribution in [-0.2, 0) is 5.75 Å². The molecule has 1 amide bonds. The van der Waals surface area contributed by atoms with Crippen molar-refractivity contribution in [2.75, 3.05) is 18.5 Å². The lowest BCUT2D eigenvalue weighted by Gasteiger charge is -2.13. The highest BCUT2D eigenvalue weighted by Crippen LogP contribution is 2.31. The van der Waals surface area contributed by atoms with E-state index in [-0.39, 0.29) is 5.91 Å². The standard InChI is InChI=1S/C21H23N3O4S/c1-4-26-18-9-8-15(12-19(18)27-5-2)23-20(25)17-7-6-10-22-21(17)29-13-16-11-14(3)28-24-16/h6-12H,4-5,13H2,1-3H3,(H,23,25). The number of anilines is 1. The quantitative estimate of drug-likeness (QED) is 0.508. The van der Waals surface area contributed by atoms with Gasteiger partial charge in [0, 0.05) is 29.8 Å². The second-order valence-electron chi connectivity index (χ2n) is 6.06. The zero-order valence-electron chi connectivity index (χ0n) is 16.6. The van der Waals surface area contributed by atoms with Crippen molar-refractivity contribution in [3.8, 4) is 11.5 Å². The lowest BCUT2D eigenvalue weighted by atomic mass is 10.2. The first-order valence-corrected chi connectivity index (χ1v) is 10.3. The van der Waals surface area contributed by atoms with Crippen LogP contribution in [0.3, 0.4) is 0 Å². The van der Waals surface area contributed by atoms with Crippen LogP contribution in [0.1, 0.15) is 35.7 Å². The number of benzene rings is 1. The highest BCUT2D eigenvalue weighted by atomic mass is 32.2. The van der Waals surface area contributed by atoms with Crippen LogP contribution in [0.5, 0.6) is 11.5 Å². The number of hydrogen-bond donors (Lipinski definition) is 1. The molecule has 3 aromatic rings. The summed E-state index contributed by atoms with van der Waals surface area (Å²) in [5.41, 5.74) is 1.91. The molecule has 0 atom stereocenters. The SMILES string of the molecule is CCOc1ccc(NC(=O)c2cccnc2SCc2cc(C)on2)cc1OCC. The zero-order valence-corrected chi connectivity index (χ0v) is 17.4. The minimum Gasteiger partial charge on any atom is -0.490 e. The minimum atomic E-state index is -0.247. The highest BCUT2D eigenvalue weighted by Gasteiger charge is 2.15. The summed E-state index contributed by atoms with van der Waals surface area (Å²) < 4.78 is 16.3. The molecule has 3 rings (SSSR count). The van der Waals surface area contributed by atoms with E-state index >= 15 is 0 Å². The first kappa shape index (κ1) is 20.7. The van der Waals surface area contributed by atoms with Crippen molar-refractivity contribution in [1.82, 2.24) is 10.1 Å². The average molecular weight is 413 g/mol. The van der Waals surface area contributed by atoms with Crippen molar-refractivity contribution in [3.05, 3.63) is 59.6 Å². The molecule has 29 heavy (non-hydrogen) atoms. The number of carbonyl (C=O) groups is 1. The second-order valence-corrected chi connectivity index (χ2v) is 7.02. The molecule has 0 radical (unpaired) electrons. The van der Waals surface area contributed by atoms with Crippen molar-refractivity contribution in [3.63, 3.8) is 0 Å². The van der Waals surface area contributed by atoms with Crippen LogP contribution in [0.4, 0.5) is 5.69 Å². The molecule has 0 bridgehead atoms. The molecule has 0 saturated carbocycles. The van der Waals surface area contributed by atoms with Crippen LogP contribution in [-0.4, -0.2) is 29.3 Å². The Balaban J connectivity index is 1.74. The number of nitrogens with zero attached hydrogens (tertiary/aromatic N) is 2. The molecule has 152 valence electrons. The first-order valence-electron chi connectivity index (χ1n) is 9.31. The molecule has 0 aliphatic carbocycles. The van der Waals surface area contributed by atoms with Crippen LogP contribution in [0.25, 0.3) is 0 Å². The third-order valence-corrected chi connectivity index (χ3v) is 4.89. The summed E-state index contributed by atoms with van der Waals surface area (Å²) in [4.78, 5) is 17.2. The molecule has 0 saturated heterocycles. The maximum absolute atomic E-state index is 12.9. The molecule has 2 heterocycles. The van der Waals surface area contributed by atoms with Crippen molar-refractivity contribution >= 4 is 23.4 Å². The number of amides is 1. The third-order valence-electron chi connectivity index (χ3n) is 3.85. The van der Waals surface area contributed by atoms with E-state index in [0.29, 0.717) is 46.7 Å². The fraction of sp³-hybridized carbons (Fsp3) is 0.286. The van der Waals surface area contributed by atoms with Gasteiger partial charge in [0.15, 0.2) is 11.5 Å². The molecule has 1 aromatic carbocycles. The molecule has 1 N–H and O–H groups in total. The number of aromatic nitrogens is 2. The molecule has 0 aliphatic rings. The highest BCUT2D eigenvalue weighted by molar-refractivity contribution is 7.98. The number of aryl methyl sites for hydroxylation is 1. The van der Waals surface area contributed by atoms with Gasteiger partial charge in [0.1, 0.15) is 10.8 Å². The minimum absolute atomic E-state index is 0.247.